The number of aryl methyl sites for hydroxylation is 2. The third kappa shape index (κ3) is 4.91. The molecule has 7 nitrogen and oxygen atoms in total. The summed E-state index contributed by atoms with van der Waals surface area (Å²) in [7, 11) is -7.20. The van der Waals surface area contributed by atoms with Gasteiger partial charge in [0.05, 0.1) is 15.5 Å². The number of amides is 1. The van der Waals surface area contributed by atoms with E-state index in [1.54, 1.807) is 24.3 Å². The Kier molecular flexibility index (Phi) is 5.69. The van der Waals surface area contributed by atoms with Gasteiger partial charge < -0.3 is 5.32 Å². The predicted octanol–water partition coefficient (Wildman–Crippen LogP) is 2.42. The molecule has 0 unspecified atom stereocenters. The van der Waals surface area contributed by atoms with Crippen molar-refractivity contribution in [3.63, 3.8) is 0 Å². The first-order valence-corrected chi connectivity index (χ1v) is 13.1. The third-order valence-corrected chi connectivity index (χ3v) is 8.59. The largest absolute Gasteiger partial charge is 0.326 e. The molecular weight excluding hydrogens is 424 g/mol. The van der Waals surface area contributed by atoms with Crippen LogP contribution in [0.3, 0.4) is 0 Å². The molecule has 0 radical (unpaired) electrons. The van der Waals surface area contributed by atoms with Crippen molar-refractivity contribution in [3.05, 3.63) is 53.6 Å². The van der Waals surface area contributed by atoms with E-state index < -0.39 is 25.8 Å². The Hall–Kier alpha value is -2.23. The molecule has 1 fully saturated rings. The molecule has 2 aliphatic rings. The fourth-order valence-corrected chi connectivity index (χ4v) is 6.18. The van der Waals surface area contributed by atoms with Crippen LogP contribution in [0.1, 0.15) is 36.8 Å². The van der Waals surface area contributed by atoms with Crippen LogP contribution in [-0.2, 0) is 37.5 Å². The van der Waals surface area contributed by atoms with Gasteiger partial charge in [-0.3, -0.25) is 4.79 Å². The zero-order chi connectivity index (χ0) is 21.4. The summed E-state index contributed by atoms with van der Waals surface area (Å²) in [6.07, 6.45) is 4.34. The number of sulfonamides is 1. The standard InChI is InChI=1S/C21H24N2O5S2/c24-21(11-12-29(25,26)19-10-7-15-3-1-4-16(15)13-19)22-18-5-2-6-20(14-18)30(27,28)23-17-8-9-17/h2,5-7,10,13-14,17,23H,1,3-4,8-9,11-12H2,(H,22,24). The maximum atomic E-state index is 12.6. The van der Waals surface area contributed by atoms with Crippen molar-refractivity contribution in [1.82, 2.24) is 4.72 Å². The van der Waals surface area contributed by atoms with Crippen molar-refractivity contribution in [2.75, 3.05) is 11.1 Å². The van der Waals surface area contributed by atoms with Crippen molar-refractivity contribution in [1.29, 1.82) is 0 Å². The van der Waals surface area contributed by atoms with Crippen LogP contribution in [-0.4, -0.2) is 34.5 Å². The molecule has 0 saturated heterocycles. The summed E-state index contributed by atoms with van der Waals surface area (Å²) in [6.45, 7) is 0. The molecule has 2 aromatic carbocycles. The molecule has 0 aliphatic heterocycles. The third-order valence-electron chi connectivity index (χ3n) is 5.35. The Morgan fingerprint density at radius 3 is 2.47 bits per heavy atom. The molecule has 1 amide bonds. The van der Waals surface area contributed by atoms with Gasteiger partial charge in [0.25, 0.3) is 0 Å². The van der Waals surface area contributed by atoms with E-state index in [-0.39, 0.29) is 28.0 Å². The highest BCUT2D eigenvalue weighted by Gasteiger charge is 2.28. The van der Waals surface area contributed by atoms with E-state index in [4.69, 9.17) is 0 Å². The summed E-state index contributed by atoms with van der Waals surface area (Å²) >= 11 is 0. The molecule has 0 spiro atoms. The lowest BCUT2D eigenvalue weighted by atomic mass is 10.1. The number of hydrogen-bond acceptors (Lipinski definition) is 5. The van der Waals surface area contributed by atoms with Gasteiger partial charge in [-0.25, -0.2) is 21.6 Å². The minimum Gasteiger partial charge on any atom is -0.326 e. The first-order valence-electron chi connectivity index (χ1n) is 10.00. The van der Waals surface area contributed by atoms with Crippen molar-refractivity contribution in [2.24, 2.45) is 0 Å². The second-order valence-corrected chi connectivity index (χ2v) is 11.6. The van der Waals surface area contributed by atoms with Gasteiger partial charge in [-0.05, 0) is 73.6 Å². The van der Waals surface area contributed by atoms with E-state index in [0.717, 1.165) is 37.7 Å². The highest BCUT2D eigenvalue weighted by molar-refractivity contribution is 7.91. The summed E-state index contributed by atoms with van der Waals surface area (Å²) < 4.78 is 52.4. The van der Waals surface area contributed by atoms with E-state index in [1.807, 2.05) is 6.07 Å². The minimum absolute atomic E-state index is 0.0160. The molecule has 2 aromatic rings. The van der Waals surface area contributed by atoms with E-state index >= 15 is 0 Å². The Morgan fingerprint density at radius 2 is 1.70 bits per heavy atom. The summed E-state index contributed by atoms with van der Waals surface area (Å²) in [5, 5.41) is 2.59. The lowest BCUT2D eigenvalue weighted by molar-refractivity contribution is -0.115. The molecule has 0 atom stereocenters. The molecule has 4 rings (SSSR count). The Bertz CT molecular complexity index is 1190. The van der Waals surface area contributed by atoms with Gasteiger partial charge in [0.15, 0.2) is 9.84 Å². The van der Waals surface area contributed by atoms with Crippen LogP contribution < -0.4 is 10.0 Å². The van der Waals surface area contributed by atoms with Gasteiger partial charge in [0.1, 0.15) is 0 Å². The van der Waals surface area contributed by atoms with Gasteiger partial charge in [-0.15, -0.1) is 0 Å². The summed E-state index contributed by atoms with van der Waals surface area (Å²) in [5.74, 6) is -0.789. The van der Waals surface area contributed by atoms with Gasteiger partial charge in [0, 0.05) is 18.2 Å². The van der Waals surface area contributed by atoms with E-state index in [9.17, 15) is 21.6 Å². The van der Waals surface area contributed by atoms with Gasteiger partial charge in [-0.2, -0.15) is 0 Å². The fraction of sp³-hybridized carbons (Fsp3) is 0.381. The van der Waals surface area contributed by atoms with Crippen molar-refractivity contribution < 1.29 is 21.6 Å². The van der Waals surface area contributed by atoms with Crippen LogP contribution in [0.2, 0.25) is 0 Å². The quantitative estimate of drug-likeness (QED) is 0.645. The summed E-state index contributed by atoms with van der Waals surface area (Å²) in [4.78, 5) is 12.6. The second kappa shape index (κ2) is 8.13. The molecule has 9 heteroatoms. The molecule has 0 heterocycles. The van der Waals surface area contributed by atoms with Crippen LogP contribution >= 0.6 is 0 Å². The molecule has 2 N–H and O–H groups in total. The topological polar surface area (TPSA) is 109 Å². The van der Waals surface area contributed by atoms with Gasteiger partial charge in [-0.1, -0.05) is 12.1 Å². The number of fused-ring (bicyclic) bond motifs is 1. The molecule has 2 aliphatic carbocycles. The molecule has 160 valence electrons. The van der Waals surface area contributed by atoms with Crippen LogP contribution in [0.15, 0.2) is 52.3 Å². The predicted molar refractivity (Wildman–Crippen MR) is 114 cm³/mol. The highest BCUT2D eigenvalue weighted by atomic mass is 32.2. The average molecular weight is 449 g/mol. The van der Waals surface area contributed by atoms with E-state index in [1.165, 1.54) is 17.7 Å². The molecular formula is C21H24N2O5S2. The van der Waals surface area contributed by atoms with Gasteiger partial charge >= 0.3 is 0 Å². The Labute approximate surface area is 176 Å². The Morgan fingerprint density at radius 1 is 0.933 bits per heavy atom. The summed E-state index contributed by atoms with van der Waals surface area (Å²) in [5.41, 5.74) is 2.57. The van der Waals surface area contributed by atoms with Crippen LogP contribution in [0.25, 0.3) is 0 Å². The SMILES string of the molecule is O=C(CCS(=O)(=O)c1ccc2c(c1)CCC2)Nc1cccc(S(=O)(=O)NC2CC2)c1. The number of carbonyl (C=O) groups excluding carboxylic acids is 1. The van der Waals surface area contributed by atoms with Crippen molar-refractivity contribution >= 4 is 31.5 Å². The number of rotatable bonds is 8. The number of anilines is 1. The first kappa shape index (κ1) is 21.0. The maximum Gasteiger partial charge on any atom is 0.240 e. The number of carbonyl (C=O) groups is 1. The lowest BCUT2D eigenvalue weighted by Crippen LogP contribution is -2.25. The Balaban J connectivity index is 1.38. The first-order chi connectivity index (χ1) is 14.2. The zero-order valence-electron chi connectivity index (χ0n) is 16.4. The molecule has 0 bridgehead atoms. The zero-order valence-corrected chi connectivity index (χ0v) is 18.1. The lowest BCUT2D eigenvalue weighted by Gasteiger charge is -2.10. The van der Waals surface area contributed by atoms with Crippen molar-refractivity contribution in [3.8, 4) is 0 Å². The van der Waals surface area contributed by atoms with Gasteiger partial charge in [0.2, 0.25) is 15.9 Å². The van der Waals surface area contributed by atoms with E-state index in [2.05, 4.69) is 10.0 Å². The van der Waals surface area contributed by atoms with Crippen LogP contribution in [0, 0.1) is 0 Å². The average Bonchev–Trinajstić information content (AvgIpc) is 3.38. The smallest absolute Gasteiger partial charge is 0.240 e. The normalized spacial score (nSPS) is 16.3. The number of sulfone groups is 1. The van der Waals surface area contributed by atoms with Crippen LogP contribution in [0.4, 0.5) is 5.69 Å². The molecule has 1 saturated carbocycles. The summed E-state index contributed by atoms with van der Waals surface area (Å²) in [6, 6.07) is 11.1. The molecule has 30 heavy (non-hydrogen) atoms. The fourth-order valence-electron chi connectivity index (χ4n) is 3.54. The van der Waals surface area contributed by atoms with Crippen molar-refractivity contribution in [2.45, 2.75) is 54.4 Å². The number of benzene rings is 2. The monoisotopic (exact) mass is 448 g/mol. The number of nitrogens with one attached hydrogen (secondary N) is 2. The minimum atomic E-state index is -3.63. The molecule has 0 aromatic heterocycles. The number of hydrogen-bond donors (Lipinski definition) is 2. The maximum absolute atomic E-state index is 12.6. The highest BCUT2D eigenvalue weighted by Crippen LogP contribution is 2.26. The van der Waals surface area contributed by atoms with Crippen LogP contribution in [0.5, 0.6) is 0 Å². The second-order valence-electron chi connectivity index (χ2n) is 7.82. The van der Waals surface area contributed by atoms with E-state index in [0.29, 0.717) is 5.69 Å².